The van der Waals surface area contributed by atoms with Crippen molar-refractivity contribution >= 4 is 14.0 Å². The van der Waals surface area contributed by atoms with Crippen LogP contribution in [0.3, 0.4) is 0 Å². The largest absolute Gasteiger partial charge is 0.394 e. The minimum atomic E-state index is -2.24. The molecule has 1 aliphatic heterocycles. The van der Waals surface area contributed by atoms with Gasteiger partial charge in [-0.25, -0.2) is 9.78 Å². The van der Waals surface area contributed by atoms with E-state index in [9.17, 15) is 15.0 Å². The Morgan fingerprint density at radius 2 is 2.23 bits per heavy atom. The third-order valence-electron chi connectivity index (χ3n) is 5.00. The van der Waals surface area contributed by atoms with Crippen molar-refractivity contribution in [2.45, 2.75) is 56.5 Å². The van der Waals surface area contributed by atoms with Crippen LogP contribution in [0, 0.1) is 0 Å². The van der Waals surface area contributed by atoms with Crippen molar-refractivity contribution in [3.8, 4) is 0 Å². The van der Waals surface area contributed by atoms with E-state index in [1.807, 2.05) is 0 Å². The molecule has 0 aliphatic carbocycles. The standard InChI is InChI=1S/C13H24N4O4Si/c1-8(2)22(3,4)13(5-9(19)10(6-18)21-13)17-7-15-11(14)16-12(17)20/h7-10,18-19H,5-6H2,1-4H3,(H2,14,16,20)/t9-,10+,13-/m0/s1. The molecule has 1 aromatic heterocycles. The van der Waals surface area contributed by atoms with Gasteiger partial charge in [-0.2, -0.15) is 4.98 Å². The summed E-state index contributed by atoms with van der Waals surface area (Å²) < 4.78 is 7.39. The lowest BCUT2D eigenvalue weighted by atomic mass is 10.2. The first kappa shape index (κ1) is 17.1. The van der Waals surface area contributed by atoms with Gasteiger partial charge in [-0.15, -0.1) is 0 Å². The van der Waals surface area contributed by atoms with Crippen LogP contribution in [0.4, 0.5) is 5.95 Å². The predicted molar refractivity (Wildman–Crippen MR) is 83.8 cm³/mol. The molecule has 3 atom stereocenters. The van der Waals surface area contributed by atoms with Gasteiger partial charge in [0.05, 0.1) is 12.7 Å². The monoisotopic (exact) mass is 328 g/mol. The maximum Gasteiger partial charge on any atom is 0.354 e. The first-order chi connectivity index (χ1) is 10.2. The Balaban J connectivity index is 2.64. The molecule has 0 radical (unpaired) electrons. The fourth-order valence-corrected chi connectivity index (χ4v) is 5.74. The number of hydrogen-bond donors (Lipinski definition) is 3. The molecule has 0 spiro atoms. The summed E-state index contributed by atoms with van der Waals surface area (Å²) in [6, 6.07) is 0. The highest BCUT2D eigenvalue weighted by Crippen LogP contribution is 2.46. The summed E-state index contributed by atoms with van der Waals surface area (Å²) in [5, 5.41) is 18.6. The molecule has 2 rings (SSSR count). The molecule has 0 aromatic carbocycles. The zero-order chi connectivity index (χ0) is 16.7. The Hall–Kier alpha value is -1.29. The highest BCUT2D eigenvalue weighted by molar-refractivity contribution is 6.80. The van der Waals surface area contributed by atoms with Crippen LogP contribution in [0.1, 0.15) is 20.3 Å². The molecule has 9 heteroatoms. The third-order valence-corrected chi connectivity index (χ3v) is 10.5. The van der Waals surface area contributed by atoms with Gasteiger partial charge >= 0.3 is 5.69 Å². The van der Waals surface area contributed by atoms with Gasteiger partial charge in [-0.05, 0) is 5.54 Å². The van der Waals surface area contributed by atoms with Gasteiger partial charge in [0.1, 0.15) is 25.9 Å². The molecule has 0 saturated carbocycles. The zero-order valence-corrected chi connectivity index (χ0v) is 14.4. The maximum absolute atomic E-state index is 12.3. The van der Waals surface area contributed by atoms with Gasteiger partial charge in [0.15, 0.2) is 0 Å². The second kappa shape index (κ2) is 5.73. The minimum absolute atomic E-state index is 0.0994. The number of rotatable bonds is 4. The van der Waals surface area contributed by atoms with Gasteiger partial charge in [-0.1, -0.05) is 26.9 Å². The van der Waals surface area contributed by atoms with Crippen LogP contribution in [0.15, 0.2) is 11.1 Å². The van der Waals surface area contributed by atoms with Gasteiger partial charge in [-0.3, -0.25) is 4.57 Å². The second-order valence-corrected chi connectivity index (χ2v) is 12.0. The van der Waals surface area contributed by atoms with Crippen molar-refractivity contribution in [2.24, 2.45) is 0 Å². The lowest BCUT2D eigenvalue weighted by molar-refractivity contribution is -0.0772. The average Bonchev–Trinajstić information content (AvgIpc) is 2.76. The van der Waals surface area contributed by atoms with E-state index in [2.05, 4.69) is 36.9 Å². The normalized spacial score (nSPS) is 29.2. The number of aliphatic hydroxyl groups is 2. The summed E-state index contributed by atoms with van der Waals surface area (Å²) in [7, 11) is -2.24. The number of aromatic nitrogens is 3. The van der Waals surface area contributed by atoms with E-state index in [1.165, 1.54) is 10.9 Å². The summed E-state index contributed by atoms with van der Waals surface area (Å²) >= 11 is 0. The Morgan fingerprint density at radius 3 is 2.68 bits per heavy atom. The van der Waals surface area contributed by atoms with Crippen LogP contribution >= 0.6 is 0 Å². The molecule has 124 valence electrons. The first-order valence-electron chi connectivity index (χ1n) is 7.34. The Labute approximate surface area is 130 Å². The van der Waals surface area contributed by atoms with Crippen LogP contribution in [0.25, 0.3) is 0 Å². The summed E-state index contributed by atoms with van der Waals surface area (Å²) in [5.74, 6) is -0.0994. The molecule has 22 heavy (non-hydrogen) atoms. The molecule has 1 aromatic rings. The molecule has 2 heterocycles. The SMILES string of the molecule is CC(C)[Si](C)(C)[C@]1(n2cnc(N)nc2=O)C[C@H](O)[C@@H](CO)O1. The predicted octanol–water partition coefficient (Wildman–Crippen LogP) is -0.327. The molecule has 0 amide bonds. The van der Waals surface area contributed by atoms with E-state index in [1.54, 1.807) is 0 Å². The summed E-state index contributed by atoms with van der Waals surface area (Å²) in [6.07, 6.45) is -0.0215. The van der Waals surface area contributed by atoms with Crippen LogP contribution < -0.4 is 11.4 Å². The number of aliphatic hydroxyl groups excluding tert-OH is 2. The number of nitrogens with two attached hydrogens (primary N) is 1. The fraction of sp³-hybridized carbons (Fsp3) is 0.769. The van der Waals surface area contributed by atoms with Crippen molar-refractivity contribution in [3.63, 3.8) is 0 Å². The number of nitrogen functional groups attached to an aromatic ring is 1. The molecule has 1 aliphatic rings. The number of nitrogens with zero attached hydrogens (tertiary/aromatic N) is 3. The molecule has 1 fully saturated rings. The van der Waals surface area contributed by atoms with Crippen molar-refractivity contribution in [2.75, 3.05) is 12.3 Å². The Kier molecular flexibility index (Phi) is 4.44. The van der Waals surface area contributed by atoms with Crippen LogP contribution in [0.2, 0.25) is 18.6 Å². The van der Waals surface area contributed by atoms with Crippen LogP contribution in [-0.2, 0) is 10.1 Å². The zero-order valence-electron chi connectivity index (χ0n) is 13.4. The van der Waals surface area contributed by atoms with E-state index in [0.29, 0.717) is 0 Å². The van der Waals surface area contributed by atoms with Gasteiger partial charge < -0.3 is 20.7 Å². The lowest BCUT2D eigenvalue weighted by Gasteiger charge is -2.45. The molecular formula is C13H24N4O4Si. The number of hydrogen-bond acceptors (Lipinski definition) is 7. The molecule has 8 nitrogen and oxygen atoms in total. The quantitative estimate of drug-likeness (QED) is 0.647. The van der Waals surface area contributed by atoms with Crippen molar-refractivity contribution in [1.82, 2.24) is 14.5 Å². The lowest BCUT2D eigenvalue weighted by Crippen LogP contribution is -2.61. The van der Waals surface area contributed by atoms with E-state index in [0.717, 1.165) is 0 Å². The van der Waals surface area contributed by atoms with E-state index in [-0.39, 0.29) is 24.5 Å². The fourth-order valence-electron chi connectivity index (χ4n) is 2.88. The van der Waals surface area contributed by atoms with Gasteiger partial charge in [0.2, 0.25) is 5.95 Å². The summed E-state index contributed by atoms with van der Waals surface area (Å²) in [5.41, 5.74) is 5.17. The van der Waals surface area contributed by atoms with Crippen molar-refractivity contribution < 1.29 is 14.9 Å². The molecule has 1 saturated heterocycles. The van der Waals surface area contributed by atoms with Crippen molar-refractivity contribution in [1.29, 1.82) is 0 Å². The number of ether oxygens (including phenoxy) is 1. The molecule has 4 N–H and O–H groups in total. The molecule has 0 bridgehead atoms. The average molecular weight is 328 g/mol. The van der Waals surface area contributed by atoms with E-state index in [4.69, 9.17) is 10.5 Å². The van der Waals surface area contributed by atoms with Gasteiger partial charge in [0, 0.05) is 6.42 Å². The Bertz CT molecular complexity index is 606. The summed E-state index contributed by atoms with van der Waals surface area (Å²) in [4.78, 5) is 19.9. The smallest absolute Gasteiger partial charge is 0.354 e. The first-order valence-corrected chi connectivity index (χ1v) is 10.4. The van der Waals surface area contributed by atoms with Crippen molar-refractivity contribution in [3.05, 3.63) is 16.8 Å². The van der Waals surface area contributed by atoms with Crippen LogP contribution in [0.5, 0.6) is 0 Å². The van der Waals surface area contributed by atoms with Gasteiger partial charge in [0.25, 0.3) is 0 Å². The highest BCUT2D eigenvalue weighted by Gasteiger charge is 2.58. The third kappa shape index (κ3) is 2.47. The second-order valence-electron chi connectivity index (χ2n) is 6.64. The van der Waals surface area contributed by atoms with E-state index >= 15 is 0 Å². The number of anilines is 1. The Morgan fingerprint density at radius 1 is 1.59 bits per heavy atom. The summed E-state index contributed by atoms with van der Waals surface area (Å²) in [6.45, 7) is 8.01. The topological polar surface area (TPSA) is 123 Å². The highest BCUT2D eigenvalue weighted by atomic mass is 28.3. The van der Waals surface area contributed by atoms with E-state index < -0.39 is 31.3 Å². The molecular weight excluding hydrogens is 304 g/mol. The van der Waals surface area contributed by atoms with Crippen LogP contribution in [-0.4, -0.2) is 51.6 Å². The molecule has 0 unspecified atom stereocenters. The minimum Gasteiger partial charge on any atom is -0.394 e. The maximum atomic E-state index is 12.3.